The number of fused-ring (bicyclic) bond motifs is 1. The summed E-state index contributed by atoms with van der Waals surface area (Å²) >= 11 is 0. The first kappa shape index (κ1) is 18.5. The Labute approximate surface area is 163 Å². The molecule has 2 aromatic rings. The second-order valence-corrected chi connectivity index (χ2v) is 7.88. The van der Waals surface area contributed by atoms with Gasteiger partial charge < -0.3 is 9.64 Å². The van der Waals surface area contributed by atoms with E-state index in [0.717, 1.165) is 38.4 Å². The van der Waals surface area contributed by atoms with Crippen LogP contribution in [0, 0.1) is 0 Å². The van der Waals surface area contributed by atoms with Crippen molar-refractivity contribution in [2.45, 2.75) is 19.0 Å². The number of nitrogens with zero attached hydrogens (tertiary/aromatic N) is 3. The van der Waals surface area contributed by atoms with E-state index in [1.807, 2.05) is 0 Å². The standard InChI is InChI=1S/C23H31N3O/c1-24-12-14-26-15-13-25(19-22(26)18-24)17-21-9-5-6-10-23(21)27-16-11-20-7-3-2-4-8-20/h2-10,22H,11-19H2,1H3/t22-/m1/s1. The van der Waals surface area contributed by atoms with Gasteiger partial charge in [0, 0.05) is 63.8 Å². The van der Waals surface area contributed by atoms with E-state index in [4.69, 9.17) is 4.74 Å². The number of hydrogen-bond acceptors (Lipinski definition) is 4. The Hall–Kier alpha value is -1.88. The van der Waals surface area contributed by atoms with Crippen molar-refractivity contribution in [2.24, 2.45) is 0 Å². The normalized spacial score (nSPS) is 21.7. The van der Waals surface area contributed by atoms with Crippen LogP contribution in [0.15, 0.2) is 54.6 Å². The van der Waals surface area contributed by atoms with Crippen molar-refractivity contribution in [3.05, 3.63) is 65.7 Å². The molecule has 2 aliphatic heterocycles. The molecule has 4 heteroatoms. The topological polar surface area (TPSA) is 19.0 Å². The molecular weight excluding hydrogens is 334 g/mol. The van der Waals surface area contributed by atoms with E-state index < -0.39 is 0 Å². The number of para-hydroxylation sites is 1. The molecule has 0 aromatic heterocycles. The molecule has 2 fully saturated rings. The van der Waals surface area contributed by atoms with Crippen LogP contribution >= 0.6 is 0 Å². The maximum absolute atomic E-state index is 6.16. The minimum Gasteiger partial charge on any atom is -0.493 e. The fraction of sp³-hybridized carbons (Fsp3) is 0.478. The molecule has 0 saturated carbocycles. The van der Waals surface area contributed by atoms with Crippen molar-refractivity contribution in [3.8, 4) is 5.75 Å². The summed E-state index contributed by atoms with van der Waals surface area (Å²) in [6.45, 7) is 8.81. The lowest BCUT2D eigenvalue weighted by Gasteiger charge is -2.46. The van der Waals surface area contributed by atoms with E-state index in [0.29, 0.717) is 6.04 Å². The van der Waals surface area contributed by atoms with Crippen LogP contribution in [0.4, 0.5) is 0 Å². The lowest BCUT2D eigenvalue weighted by Crippen LogP contribution is -2.61. The van der Waals surface area contributed by atoms with Gasteiger partial charge in [-0.05, 0) is 18.7 Å². The zero-order valence-corrected chi connectivity index (χ0v) is 16.4. The van der Waals surface area contributed by atoms with E-state index in [2.05, 4.69) is 76.3 Å². The Balaban J connectivity index is 1.34. The average molecular weight is 366 g/mol. The maximum Gasteiger partial charge on any atom is 0.123 e. The fourth-order valence-corrected chi connectivity index (χ4v) is 4.26. The van der Waals surface area contributed by atoms with E-state index in [1.165, 1.54) is 37.3 Å². The van der Waals surface area contributed by atoms with E-state index >= 15 is 0 Å². The number of likely N-dealkylation sites (N-methyl/N-ethyl adjacent to an activating group) is 1. The van der Waals surface area contributed by atoms with Gasteiger partial charge in [0.15, 0.2) is 0 Å². The summed E-state index contributed by atoms with van der Waals surface area (Å²) in [6.07, 6.45) is 0.947. The molecule has 0 radical (unpaired) electrons. The van der Waals surface area contributed by atoms with Gasteiger partial charge >= 0.3 is 0 Å². The van der Waals surface area contributed by atoms with Gasteiger partial charge in [-0.3, -0.25) is 9.80 Å². The quantitative estimate of drug-likeness (QED) is 0.783. The fourth-order valence-electron chi connectivity index (χ4n) is 4.26. The summed E-state index contributed by atoms with van der Waals surface area (Å²) in [6, 6.07) is 19.8. The Morgan fingerprint density at radius 3 is 2.56 bits per heavy atom. The molecule has 4 nitrogen and oxygen atoms in total. The zero-order chi connectivity index (χ0) is 18.5. The summed E-state index contributed by atoms with van der Waals surface area (Å²) < 4.78 is 6.16. The molecule has 0 spiro atoms. The van der Waals surface area contributed by atoms with Gasteiger partial charge in [-0.1, -0.05) is 48.5 Å². The van der Waals surface area contributed by atoms with Crippen LogP contribution in [0.5, 0.6) is 5.75 Å². The van der Waals surface area contributed by atoms with Gasteiger partial charge in [0.25, 0.3) is 0 Å². The zero-order valence-electron chi connectivity index (χ0n) is 16.4. The Bertz CT molecular complexity index is 721. The first-order chi connectivity index (χ1) is 13.3. The molecule has 0 amide bonds. The average Bonchev–Trinajstić information content (AvgIpc) is 2.70. The molecule has 0 N–H and O–H groups in total. The summed E-state index contributed by atoms with van der Waals surface area (Å²) in [5.74, 6) is 1.04. The smallest absolute Gasteiger partial charge is 0.123 e. The molecule has 1 atom stereocenters. The summed E-state index contributed by atoms with van der Waals surface area (Å²) in [7, 11) is 2.24. The van der Waals surface area contributed by atoms with Gasteiger partial charge in [-0.15, -0.1) is 0 Å². The first-order valence-corrected chi connectivity index (χ1v) is 10.2. The lowest BCUT2D eigenvalue weighted by molar-refractivity contribution is 0.0172. The molecule has 0 aliphatic carbocycles. The molecule has 0 bridgehead atoms. The highest BCUT2D eigenvalue weighted by atomic mass is 16.5. The van der Waals surface area contributed by atoms with Crippen LogP contribution in [-0.2, 0) is 13.0 Å². The molecule has 2 aromatic carbocycles. The largest absolute Gasteiger partial charge is 0.493 e. The van der Waals surface area contributed by atoms with Crippen LogP contribution in [0.3, 0.4) is 0 Å². The second kappa shape index (κ2) is 8.87. The highest BCUT2D eigenvalue weighted by Gasteiger charge is 2.30. The second-order valence-electron chi connectivity index (χ2n) is 7.88. The number of ether oxygens (including phenoxy) is 1. The molecule has 2 saturated heterocycles. The van der Waals surface area contributed by atoms with Crippen molar-refractivity contribution in [2.75, 3.05) is 52.9 Å². The summed E-state index contributed by atoms with van der Waals surface area (Å²) in [4.78, 5) is 7.73. The third kappa shape index (κ3) is 4.89. The molecule has 27 heavy (non-hydrogen) atoms. The Morgan fingerprint density at radius 2 is 1.67 bits per heavy atom. The molecule has 2 aliphatic rings. The number of rotatable bonds is 6. The highest BCUT2D eigenvalue weighted by molar-refractivity contribution is 5.33. The van der Waals surface area contributed by atoms with E-state index in [9.17, 15) is 0 Å². The van der Waals surface area contributed by atoms with Crippen LogP contribution in [0.2, 0.25) is 0 Å². The van der Waals surface area contributed by atoms with Crippen LogP contribution in [0.25, 0.3) is 0 Å². The van der Waals surface area contributed by atoms with Crippen LogP contribution < -0.4 is 4.74 Å². The van der Waals surface area contributed by atoms with Gasteiger partial charge in [0.1, 0.15) is 5.75 Å². The van der Waals surface area contributed by atoms with Gasteiger partial charge in [0.2, 0.25) is 0 Å². The monoisotopic (exact) mass is 365 g/mol. The molecule has 4 rings (SSSR count). The lowest BCUT2D eigenvalue weighted by atomic mass is 10.1. The highest BCUT2D eigenvalue weighted by Crippen LogP contribution is 2.23. The SMILES string of the molecule is CN1CCN2CCN(Cc3ccccc3OCCc3ccccc3)C[C@H]2C1. The third-order valence-corrected chi connectivity index (χ3v) is 5.84. The Kier molecular flexibility index (Phi) is 6.07. The third-order valence-electron chi connectivity index (χ3n) is 5.84. The van der Waals surface area contributed by atoms with Crippen LogP contribution in [-0.4, -0.2) is 73.7 Å². The van der Waals surface area contributed by atoms with Crippen molar-refractivity contribution in [1.82, 2.24) is 14.7 Å². The van der Waals surface area contributed by atoms with Gasteiger partial charge in [-0.25, -0.2) is 0 Å². The molecule has 0 unspecified atom stereocenters. The first-order valence-electron chi connectivity index (χ1n) is 10.2. The minimum absolute atomic E-state index is 0.670. The van der Waals surface area contributed by atoms with Crippen molar-refractivity contribution < 1.29 is 4.74 Å². The van der Waals surface area contributed by atoms with Crippen molar-refractivity contribution >= 4 is 0 Å². The molecule has 144 valence electrons. The summed E-state index contributed by atoms with van der Waals surface area (Å²) in [5, 5.41) is 0. The minimum atomic E-state index is 0.670. The molecular formula is C23H31N3O. The number of piperazine rings is 2. The maximum atomic E-state index is 6.16. The van der Waals surface area contributed by atoms with Crippen molar-refractivity contribution in [1.29, 1.82) is 0 Å². The van der Waals surface area contributed by atoms with Gasteiger partial charge in [0.05, 0.1) is 6.61 Å². The Morgan fingerprint density at radius 1 is 0.889 bits per heavy atom. The molecule has 2 heterocycles. The predicted octanol–water partition coefficient (Wildman–Crippen LogP) is 2.74. The van der Waals surface area contributed by atoms with Crippen LogP contribution in [0.1, 0.15) is 11.1 Å². The number of hydrogen-bond donors (Lipinski definition) is 0. The predicted molar refractivity (Wildman–Crippen MR) is 110 cm³/mol. The van der Waals surface area contributed by atoms with Crippen molar-refractivity contribution in [3.63, 3.8) is 0 Å². The van der Waals surface area contributed by atoms with Gasteiger partial charge in [-0.2, -0.15) is 0 Å². The number of benzene rings is 2. The van der Waals surface area contributed by atoms with E-state index in [-0.39, 0.29) is 0 Å². The van der Waals surface area contributed by atoms with E-state index in [1.54, 1.807) is 0 Å². The summed E-state index contributed by atoms with van der Waals surface area (Å²) in [5.41, 5.74) is 2.63.